The van der Waals surface area contributed by atoms with Crippen molar-refractivity contribution in [1.29, 1.82) is 0 Å². The van der Waals surface area contributed by atoms with Crippen molar-refractivity contribution in [3.8, 4) is 5.75 Å². The number of hydrogen-bond acceptors (Lipinski definition) is 5. The first kappa shape index (κ1) is 13.0. The summed E-state index contributed by atoms with van der Waals surface area (Å²) in [6, 6.07) is 6.79. The van der Waals surface area contributed by atoms with Crippen molar-refractivity contribution in [2.45, 2.75) is 13.5 Å². The van der Waals surface area contributed by atoms with Gasteiger partial charge in [-0.1, -0.05) is 0 Å². The van der Waals surface area contributed by atoms with E-state index >= 15 is 0 Å². The van der Waals surface area contributed by atoms with Gasteiger partial charge in [-0.25, -0.2) is 4.79 Å². The van der Waals surface area contributed by atoms with E-state index in [2.05, 4.69) is 9.97 Å². The molecule has 98 valence electrons. The minimum absolute atomic E-state index is 0.331. The number of aromatic nitrogens is 2. The van der Waals surface area contributed by atoms with Gasteiger partial charge in [0.25, 0.3) is 0 Å². The molecule has 0 saturated heterocycles. The van der Waals surface area contributed by atoms with E-state index in [1.807, 2.05) is 0 Å². The van der Waals surface area contributed by atoms with Crippen LogP contribution in [0.2, 0.25) is 0 Å². The number of carbonyl (C=O) groups excluding carboxylic acids is 1. The number of hydrogen-bond donors (Lipinski definition) is 0. The monoisotopic (exact) mass is 258 g/mol. The fourth-order valence-electron chi connectivity index (χ4n) is 1.46. The molecule has 0 radical (unpaired) electrons. The maximum atomic E-state index is 11.5. The van der Waals surface area contributed by atoms with Gasteiger partial charge < -0.3 is 9.47 Å². The molecule has 0 aliphatic heterocycles. The van der Waals surface area contributed by atoms with Crippen LogP contribution in [0.1, 0.15) is 23.0 Å². The first-order valence-corrected chi connectivity index (χ1v) is 5.94. The minimum Gasteiger partial charge on any atom is -0.487 e. The summed E-state index contributed by atoms with van der Waals surface area (Å²) in [5.41, 5.74) is 1.26. The fraction of sp³-hybridized carbons (Fsp3) is 0.214. The molecule has 0 fully saturated rings. The quantitative estimate of drug-likeness (QED) is 0.770. The summed E-state index contributed by atoms with van der Waals surface area (Å²) in [7, 11) is 0. The summed E-state index contributed by atoms with van der Waals surface area (Å²) < 4.78 is 10.4. The smallest absolute Gasteiger partial charge is 0.338 e. The lowest BCUT2D eigenvalue weighted by Crippen LogP contribution is -2.04. The molecule has 0 bridgehead atoms. The Morgan fingerprint density at radius 2 is 2.00 bits per heavy atom. The van der Waals surface area contributed by atoms with Gasteiger partial charge in [-0.15, -0.1) is 0 Å². The molecule has 5 nitrogen and oxygen atoms in total. The van der Waals surface area contributed by atoms with Gasteiger partial charge in [0.15, 0.2) is 0 Å². The van der Waals surface area contributed by atoms with Crippen LogP contribution in [0, 0.1) is 0 Å². The van der Waals surface area contributed by atoms with E-state index in [1.54, 1.807) is 49.8 Å². The van der Waals surface area contributed by atoms with Gasteiger partial charge in [-0.2, -0.15) is 0 Å². The van der Waals surface area contributed by atoms with E-state index in [-0.39, 0.29) is 5.97 Å². The third-order valence-corrected chi connectivity index (χ3v) is 2.37. The summed E-state index contributed by atoms with van der Waals surface area (Å²) >= 11 is 0. The summed E-state index contributed by atoms with van der Waals surface area (Å²) in [6.07, 6.45) is 4.87. The number of esters is 1. The first-order valence-electron chi connectivity index (χ1n) is 5.94. The second kappa shape index (κ2) is 6.49. The third kappa shape index (κ3) is 3.77. The Morgan fingerprint density at radius 1 is 1.21 bits per heavy atom. The largest absolute Gasteiger partial charge is 0.487 e. The van der Waals surface area contributed by atoms with Crippen LogP contribution in [0.5, 0.6) is 5.75 Å². The SMILES string of the molecule is CCOC(=O)c1ccc(OCc2cnccn2)cc1. The molecular weight excluding hydrogens is 244 g/mol. The topological polar surface area (TPSA) is 61.3 Å². The highest BCUT2D eigenvalue weighted by atomic mass is 16.5. The highest BCUT2D eigenvalue weighted by Crippen LogP contribution is 2.14. The first-order chi connectivity index (χ1) is 9.29. The van der Waals surface area contributed by atoms with E-state index in [4.69, 9.17) is 9.47 Å². The molecule has 5 heteroatoms. The average molecular weight is 258 g/mol. The molecule has 0 aliphatic carbocycles. The third-order valence-electron chi connectivity index (χ3n) is 2.37. The highest BCUT2D eigenvalue weighted by Gasteiger charge is 2.05. The second-order valence-corrected chi connectivity index (χ2v) is 3.73. The molecule has 0 N–H and O–H groups in total. The van der Waals surface area contributed by atoms with Crippen molar-refractivity contribution in [3.05, 3.63) is 54.1 Å². The van der Waals surface area contributed by atoms with Gasteiger partial charge in [0.1, 0.15) is 12.4 Å². The summed E-state index contributed by atoms with van der Waals surface area (Å²) in [4.78, 5) is 19.5. The Labute approximate surface area is 111 Å². The van der Waals surface area contributed by atoms with Crippen LogP contribution in [-0.2, 0) is 11.3 Å². The predicted octanol–water partition coefficient (Wildman–Crippen LogP) is 2.23. The van der Waals surface area contributed by atoms with Crippen LogP contribution in [0.25, 0.3) is 0 Å². The zero-order valence-corrected chi connectivity index (χ0v) is 10.6. The number of nitrogens with zero attached hydrogens (tertiary/aromatic N) is 2. The molecule has 19 heavy (non-hydrogen) atoms. The van der Waals surface area contributed by atoms with E-state index < -0.39 is 0 Å². The number of rotatable bonds is 5. The van der Waals surface area contributed by atoms with E-state index in [9.17, 15) is 4.79 Å². The molecule has 0 saturated carbocycles. The molecule has 0 atom stereocenters. The Kier molecular flexibility index (Phi) is 4.44. The number of benzene rings is 1. The zero-order chi connectivity index (χ0) is 13.5. The maximum absolute atomic E-state index is 11.5. The number of ether oxygens (including phenoxy) is 2. The van der Waals surface area contributed by atoms with E-state index in [0.717, 1.165) is 5.69 Å². The van der Waals surface area contributed by atoms with Crippen molar-refractivity contribution in [1.82, 2.24) is 9.97 Å². The van der Waals surface area contributed by atoms with Gasteiger partial charge >= 0.3 is 5.97 Å². The molecule has 0 amide bonds. The molecule has 1 aromatic heterocycles. The Bertz CT molecular complexity index is 526. The van der Waals surface area contributed by atoms with Crippen LogP contribution >= 0.6 is 0 Å². The van der Waals surface area contributed by atoms with Crippen molar-refractivity contribution in [2.24, 2.45) is 0 Å². The standard InChI is InChI=1S/C14H14N2O3/c1-2-18-14(17)11-3-5-13(6-4-11)19-10-12-9-15-7-8-16-12/h3-9H,2,10H2,1H3. The lowest BCUT2D eigenvalue weighted by Gasteiger charge is -2.06. The average Bonchev–Trinajstić information content (AvgIpc) is 2.47. The Balaban J connectivity index is 1.94. The lowest BCUT2D eigenvalue weighted by atomic mass is 10.2. The minimum atomic E-state index is -0.331. The predicted molar refractivity (Wildman–Crippen MR) is 68.8 cm³/mol. The van der Waals surface area contributed by atoms with Gasteiger partial charge in [0.2, 0.25) is 0 Å². The van der Waals surface area contributed by atoms with Gasteiger partial charge in [0.05, 0.1) is 24.1 Å². The van der Waals surface area contributed by atoms with Crippen molar-refractivity contribution < 1.29 is 14.3 Å². The van der Waals surface area contributed by atoms with Crippen molar-refractivity contribution in [2.75, 3.05) is 6.61 Å². The molecule has 2 aromatic rings. The summed E-state index contributed by atoms with van der Waals surface area (Å²) in [5.74, 6) is 0.335. The molecule has 0 spiro atoms. The molecule has 2 rings (SSSR count). The van der Waals surface area contributed by atoms with E-state index in [1.165, 1.54) is 0 Å². The lowest BCUT2D eigenvalue weighted by molar-refractivity contribution is 0.0526. The zero-order valence-electron chi connectivity index (χ0n) is 10.6. The van der Waals surface area contributed by atoms with Crippen LogP contribution in [-0.4, -0.2) is 22.5 Å². The van der Waals surface area contributed by atoms with Gasteiger partial charge in [-0.05, 0) is 31.2 Å². The highest BCUT2D eigenvalue weighted by molar-refractivity contribution is 5.89. The molecule has 0 aliphatic rings. The normalized spacial score (nSPS) is 9.95. The molecule has 1 heterocycles. The summed E-state index contributed by atoms with van der Waals surface area (Å²) in [6.45, 7) is 2.48. The maximum Gasteiger partial charge on any atom is 0.338 e. The molecular formula is C14H14N2O3. The van der Waals surface area contributed by atoms with Crippen LogP contribution in [0.15, 0.2) is 42.9 Å². The number of carbonyl (C=O) groups is 1. The summed E-state index contributed by atoms with van der Waals surface area (Å²) in [5, 5.41) is 0. The fourth-order valence-corrected chi connectivity index (χ4v) is 1.46. The van der Waals surface area contributed by atoms with Crippen LogP contribution in [0.4, 0.5) is 0 Å². The Hall–Kier alpha value is -2.43. The molecule has 0 unspecified atom stereocenters. The van der Waals surface area contributed by atoms with Crippen molar-refractivity contribution in [3.63, 3.8) is 0 Å². The second-order valence-electron chi connectivity index (χ2n) is 3.73. The van der Waals surface area contributed by atoms with Crippen LogP contribution in [0.3, 0.4) is 0 Å². The van der Waals surface area contributed by atoms with Crippen LogP contribution < -0.4 is 4.74 Å². The molecule has 1 aromatic carbocycles. The Morgan fingerprint density at radius 3 is 2.63 bits per heavy atom. The van der Waals surface area contributed by atoms with E-state index in [0.29, 0.717) is 24.5 Å². The van der Waals surface area contributed by atoms with Crippen molar-refractivity contribution >= 4 is 5.97 Å². The van der Waals surface area contributed by atoms with Gasteiger partial charge in [-0.3, -0.25) is 9.97 Å². The van der Waals surface area contributed by atoms with Gasteiger partial charge in [0, 0.05) is 12.4 Å².